The van der Waals surface area contributed by atoms with Crippen molar-refractivity contribution in [3.8, 4) is 0 Å². The lowest BCUT2D eigenvalue weighted by Crippen LogP contribution is -2.33. The number of hydrogen-bond acceptors (Lipinski definition) is 2. The quantitative estimate of drug-likeness (QED) is 0.809. The third kappa shape index (κ3) is 4.79. The van der Waals surface area contributed by atoms with E-state index in [1.165, 1.54) is 11.1 Å². The summed E-state index contributed by atoms with van der Waals surface area (Å²) in [5.41, 5.74) is 2.79. The van der Waals surface area contributed by atoms with Crippen molar-refractivity contribution in [2.24, 2.45) is 5.41 Å². The van der Waals surface area contributed by atoms with E-state index in [4.69, 9.17) is 0 Å². The van der Waals surface area contributed by atoms with Crippen molar-refractivity contribution in [3.63, 3.8) is 0 Å². The molecule has 2 N–H and O–H groups in total. The van der Waals surface area contributed by atoms with Gasteiger partial charge in [0.25, 0.3) is 0 Å². The minimum absolute atomic E-state index is 0.116. The fourth-order valence-corrected chi connectivity index (χ4v) is 2.48. The summed E-state index contributed by atoms with van der Waals surface area (Å²) in [5.74, 6) is 0. The summed E-state index contributed by atoms with van der Waals surface area (Å²) in [6, 6.07) is 8.83. The van der Waals surface area contributed by atoms with Gasteiger partial charge in [0.1, 0.15) is 0 Å². The first kappa shape index (κ1) is 15.2. The van der Waals surface area contributed by atoms with Crippen LogP contribution in [0.3, 0.4) is 0 Å². The van der Waals surface area contributed by atoms with Crippen LogP contribution in [0.2, 0.25) is 0 Å². The summed E-state index contributed by atoms with van der Waals surface area (Å²) in [6.07, 6.45) is 0.580. The highest BCUT2D eigenvalue weighted by molar-refractivity contribution is 5.28. The normalized spacial score (nSPS) is 15.4. The molecule has 0 heterocycles. The zero-order valence-electron chi connectivity index (χ0n) is 12.3. The van der Waals surface area contributed by atoms with Gasteiger partial charge in [-0.25, -0.2) is 0 Å². The van der Waals surface area contributed by atoms with E-state index in [0.29, 0.717) is 6.04 Å². The Morgan fingerprint density at radius 1 is 1.22 bits per heavy atom. The number of hydrogen-bond donors (Lipinski definition) is 2. The van der Waals surface area contributed by atoms with E-state index in [1.807, 2.05) is 6.92 Å². The van der Waals surface area contributed by atoms with E-state index in [2.05, 4.69) is 57.3 Å². The second-order valence-electron chi connectivity index (χ2n) is 6.18. The van der Waals surface area contributed by atoms with E-state index in [0.717, 1.165) is 13.0 Å². The zero-order chi connectivity index (χ0) is 13.8. The van der Waals surface area contributed by atoms with Gasteiger partial charge in [0, 0.05) is 12.6 Å². The molecule has 2 nitrogen and oxygen atoms in total. The third-order valence-electron chi connectivity index (χ3n) is 3.39. The highest BCUT2D eigenvalue weighted by Crippen LogP contribution is 2.23. The minimum atomic E-state index is -0.240. The molecule has 0 amide bonds. The molecule has 0 aromatic heterocycles. The summed E-state index contributed by atoms with van der Waals surface area (Å²) < 4.78 is 0. The van der Waals surface area contributed by atoms with E-state index in [9.17, 15) is 5.11 Å². The molecule has 102 valence electrons. The van der Waals surface area contributed by atoms with Crippen molar-refractivity contribution >= 4 is 0 Å². The van der Waals surface area contributed by atoms with Gasteiger partial charge in [-0.2, -0.15) is 0 Å². The Labute approximate surface area is 111 Å². The standard InChI is InChI=1S/C16H27NO/c1-12-8-6-7-9-15(12)14(3)17-11-16(4,5)10-13(2)18/h6-9,13-14,17-18H,10-11H2,1-5H3. The van der Waals surface area contributed by atoms with Gasteiger partial charge in [-0.3, -0.25) is 0 Å². The van der Waals surface area contributed by atoms with Crippen molar-refractivity contribution in [3.05, 3.63) is 35.4 Å². The van der Waals surface area contributed by atoms with E-state index >= 15 is 0 Å². The van der Waals surface area contributed by atoms with Crippen LogP contribution >= 0.6 is 0 Å². The number of rotatable bonds is 6. The maximum Gasteiger partial charge on any atom is 0.0517 e. The monoisotopic (exact) mass is 249 g/mol. The molecule has 1 rings (SSSR count). The summed E-state index contributed by atoms with van der Waals surface area (Å²) in [4.78, 5) is 0. The zero-order valence-corrected chi connectivity index (χ0v) is 12.3. The van der Waals surface area contributed by atoms with E-state index in [-0.39, 0.29) is 11.5 Å². The molecule has 0 fully saturated rings. The van der Waals surface area contributed by atoms with Crippen molar-refractivity contribution in [2.45, 2.75) is 53.2 Å². The largest absolute Gasteiger partial charge is 0.393 e. The number of aliphatic hydroxyl groups is 1. The highest BCUT2D eigenvalue weighted by atomic mass is 16.3. The van der Waals surface area contributed by atoms with Gasteiger partial charge in [-0.1, -0.05) is 38.1 Å². The van der Waals surface area contributed by atoms with E-state index < -0.39 is 0 Å². The molecule has 2 atom stereocenters. The van der Waals surface area contributed by atoms with Gasteiger partial charge in [0.05, 0.1) is 6.10 Å². The van der Waals surface area contributed by atoms with Crippen LogP contribution in [0, 0.1) is 12.3 Å². The van der Waals surface area contributed by atoms with Gasteiger partial charge in [-0.15, -0.1) is 0 Å². The van der Waals surface area contributed by atoms with Gasteiger partial charge in [-0.05, 0) is 43.7 Å². The van der Waals surface area contributed by atoms with Crippen LogP contribution < -0.4 is 5.32 Å². The molecular weight excluding hydrogens is 222 g/mol. The Morgan fingerprint density at radius 3 is 2.39 bits per heavy atom. The van der Waals surface area contributed by atoms with Crippen molar-refractivity contribution in [1.29, 1.82) is 0 Å². The molecular formula is C16H27NO. The van der Waals surface area contributed by atoms with Gasteiger partial charge in [0.2, 0.25) is 0 Å². The van der Waals surface area contributed by atoms with E-state index in [1.54, 1.807) is 0 Å². The predicted octanol–water partition coefficient (Wildman–Crippen LogP) is 3.44. The van der Waals surface area contributed by atoms with Gasteiger partial charge >= 0.3 is 0 Å². The molecule has 0 aliphatic rings. The Bertz CT molecular complexity index is 371. The molecule has 0 spiro atoms. The molecule has 0 radical (unpaired) electrons. The molecule has 0 aliphatic heterocycles. The second kappa shape index (κ2) is 6.35. The molecule has 0 saturated heterocycles. The lowest BCUT2D eigenvalue weighted by molar-refractivity contribution is 0.127. The van der Waals surface area contributed by atoms with Crippen molar-refractivity contribution in [1.82, 2.24) is 5.32 Å². The van der Waals surface area contributed by atoms with Crippen LogP contribution in [0.1, 0.15) is 51.3 Å². The summed E-state index contributed by atoms with van der Waals surface area (Å²) in [7, 11) is 0. The Morgan fingerprint density at radius 2 is 1.83 bits per heavy atom. The predicted molar refractivity (Wildman–Crippen MR) is 77.7 cm³/mol. The summed E-state index contributed by atoms with van der Waals surface area (Å²) in [6.45, 7) is 11.5. The molecule has 0 aliphatic carbocycles. The van der Waals surface area contributed by atoms with Crippen LogP contribution in [0.5, 0.6) is 0 Å². The maximum atomic E-state index is 9.49. The fourth-order valence-electron chi connectivity index (χ4n) is 2.48. The second-order valence-corrected chi connectivity index (χ2v) is 6.18. The summed E-state index contributed by atoms with van der Waals surface area (Å²) in [5, 5.41) is 13.1. The molecule has 1 aromatic rings. The Kier molecular flexibility index (Phi) is 5.36. The molecule has 18 heavy (non-hydrogen) atoms. The van der Waals surface area contributed by atoms with Crippen molar-refractivity contribution in [2.75, 3.05) is 6.54 Å². The molecule has 0 bridgehead atoms. The lowest BCUT2D eigenvalue weighted by Gasteiger charge is -2.29. The fraction of sp³-hybridized carbons (Fsp3) is 0.625. The number of aliphatic hydroxyl groups excluding tert-OH is 1. The number of nitrogens with one attached hydrogen (secondary N) is 1. The van der Waals surface area contributed by atoms with Crippen LogP contribution in [0.15, 0.2) is 24.3 Å². The molecule has 2 heteroatoms. The first-order valence-corrected chi connectivity index (χ1v) is 6.79. The summed E-state index contributed by atoms with van der Waals surface area (Å²) >= 11 is 0. The van der Waals surface area contributed by atoms with Crippen molar-refractivity contribution < 1.29 is 5.11 Å². The highest BCUT2D eigenvalue weighted by Gasteiger charge is 2.21. The minimum Gasteiger partial charge on any atom is -0.393 e. The first-order chi connectivity index (χ1) is 8.32. The van der Waals surface area contributed by atoms with Gasteiger partial charge < -0.3 is 10.4 Å². The Hall–Kier alpha value is -0.860. The molecule has 0 saturated carbocycles. The Balaban J connectivity index is 2.56. The number of aryl methyl sites for hydroxylation is 1. The first-order valence-electron chi connectivity index (χ1n) is 6.79. The average Bonchev–Trinajstić information content (AvgIpc) is 2.25. The molecule has 2 unspecified atom stereocenters. The van der Waals surface area contributed by atoms with Crippen LogP contribution in [-0.4, -0.2) is 17.8 Å². The lowest BCUT2D eigenvalue weighted by atomic mass is 9.86. The number of benzene rings is 1. The van der Waals surface area contributed by atoms with Crippen LogP contribution in [-0.2, 0) is 0 Å². The molecule has 1 aromatic carbocycles. The van der Waals surface area contributed by atoms with Crippen LogP contribution in [0.4, 0.5) is 0 Å². The maximum absolute atomic E-state index is 9.49. The SMILES string of the molecule is Cc1ccccc1C(C)NCC(C)(C)CC(C)O. The van der Waals surface area contributed by atoms with Gasteiger partial charge in [0.15, 0.2) is 0 Å². The third-order valence-corrected chi connectivity index (χ3v) is 3.39. The topological polar surface area (TPSA) is 32.3 Å². The smallest absolute Gasteiger partial charge is 0.0517 e. The van der Waals surface area contributed by atoms with Crippen LogP contribution in [0.25, 0.3) is 0 Å². The average molecular weight is 249 g/mol.